The lowest BCUT2D eigenvalue weighted by atomic mass is 10.2. The molecular weight excluding hydrogens is 394 g/mol. The Kier molecular flexibility index (Phi) is 7.26. The average Bonchev–Trinajstić information content (AvgIpc) is 2.79. The zero-order chi connectivity index (χ0) is 22.1. The van der Waals surface area contributed by atoms with Crippen molar-refractivity contribution in [3.8, 4) is 11.5 Å². The van der Waals surface area contributed by atoms with Crippen molar-refractivity contribution in [2.45, 2.75) is 0 Å². The summed E-state index contributed by atoms with van der Waals surface area (Å²) in [4.78, 5) is 24.3. The molecule has 3 aromatic carbocycles. The van der Waals surface area contributed by atoms with E-state index in [0.29, 0.717) is 28.6 Å². The number of rotatable bonds is 7. The molecule has 0 saturated carbocycles. The monoisotopic (exact) mass is 417 g/mol. The van der Waals surface area contributed by atoms with E-state index in [0.717, 1.165) is 5.56 Å². The number of hydrogen-bond acceptors (Lipinski definition) is 4. The van der Waals surface area contributed by atoms with Crippen molar-refractivity contribution in [1.82, 2.24) is 0 Å². The van der Waals surface area contributed by atoms with Gasteiger partial charge < -0.3 is 25.4 Å². The van der Waals surface area contributed by atoms with E-state index >= 15 is 0 Å². The predicted molar refractivity (Wildman–Crippen MR) is 123 cm³/mol. The van der Waals surface area contributed by atoms with Crippen LogP contribution in [0.25, 0.3) is 6.08 Å². The smallest absolute Gasteiger partial charge is 0.323 e. The van der Waals surface area contributed by atoms with E-state index in [1.807, 2.05) is 18.2 Å². The van der Waals surface area contributed by atoms with Crippen molar-refractivity contribution in [3.05, 3.63) is 84.4 Å². The summed E-state index contributed by atoms with van der Waals surface area (Å²) in [6.45, 7) is 0. The zero-order valence-corrected chi connectivity index (χ0v) is 17.2. The number of ether oxygens (including phenoxy) is 2. The molecule has 0 radical (unpaired) electrons. The summed E-state index contributed by atoms with van der Waals surface area (Å²) in [5.74, 6) is 0.988. The number of benzene rings is 3. The summed E-state index contributed by atoms with van der Waals surface area (Å²) in [6.07, 6.45) is 3.10. The van der Waals surface area contributed by atoms with Crippen molar-refractivity contribution in [2.24, 2.45) is 0 Å². The number of urea groups is 1. The van der Waals surface area contributed by atoms with Gasteiger partial charge in [0.2, 0.25) is 5.91 Å². The van der Waals surface area contributed by atoms with Gasteiger partial charge in [-0.05, 0) is 60.2 Å². The van der Waals surface area contributed by atoms with Crippen LogP contribution in [-0.2, 0) is 4.79 Å². The summed E-state index contributed by atoms with van der Waals surface area (Å²) in [5.41, 5.74) is 2.68. The molecule has 0 heterocycles. The lowest BCUT2D eigenvalue weighted by Crippen LogP contribution is -2.19. The maximum atomic E-state index is 12.2. The highest BCUT2D eigenvalue weighted by atomic mass is 16.5. The Hall–Kier alpha value is -4.26. The van der Waals surface area contributed by atoms with E-state index in [9.17, 15) is 9.59 Å². The minimum Gasteiger partial charge on any atom is -0.497 e. The summed E-state index contributed by atoms with van der Waals surface area (Å²) in [6, 6.07) is 21.0. The van der Waals surface area contributed by atoms with Crippen LogP contribution in [0.3, 0.4) is 0 Å². The molecule has 3 amide bonds. The number of nitrogens with one attached hydrogen (secondary N) is 3. The van der Waals surface area contributed by atoms with E-state index in [1.54, 1.807) is 74.9 Å². The first-order valence-corrected chi connectivity index (χ1v) is 9.51. The van der Waals surface area contributed by atoms with Gasteiger partial charge in [0.25, 0.3) is 0 Å². The Morgan fingerprint density at radius 2 is 1.23 bits per heavy atom. The van der Waals surface area contributed by atoms with Crippen LogP contribution < -0.4 is 25.4 Å². The van der Waals surface area contributed by atoms with Gasteiger partial charge in [0.15, 0.2) is 0 Å². The first-order chi connectivity index (χ1) is 15.1. The molecule has 0 aliphatic carbocycles. The Bertz CT molecular complexity index is 1040. The van der Waals surface area contributed by atoms with Crippen LogP contribution in [-0.4, -0.2) is 26.2 Å². The summed E-state index contributed by atoms with van der Waals surface area (Å²) < 4.78 is 10.4. The van der Waals surface area contributed by atoms with Crippen molar-refractivity contribution in [3.63, 3.8) is 0 Å². The number of carbonyl (C=O) groups excluding carboxylic acids is 2. The zero-order valence-electron chi connectivity index (χ0n) is 17.2. The fourth-order valence-corrected chi connectivity index (χ4v) is 2.73. The first-order valence-electron chi connectivity index (χ1n) is 9.51. The number of carbonyl (C=O) groups is 2. The molecule has 31 heavy (non-hydrogen) atoms. The normalized spacial score (nSPS) is 10.4. The molecule has 0 unspecified atom stereocenters. The van der Waals surface area contributed by atoms with Crippen LogP contribution in [0.15, 0.2) is 78.9 Å². The van der Waals surface area contributed by atoms with Crippen LogP contribution >= 0.6 is 0 Å². The lowest BCUT2D eigenvalue weighted by Gasteiger charge is -2.08. The Morgan fingerprint density at radius 1 is 0.710 bits per heavy atom. The third-order valence-electron chi connectivity index (χ3n) is 4.24. The molecule has 0 aromatic heterocycles. The quantitative estimate of drug-likeness (QED) is 0.472. The summed E-state index contributed by atoms with van der Waals surface area (Å²) in [5, 5.41) is 8.25. The fourth-order valence-electron chi connectivity index (χ4n) is 2.73. The molecule has 0 fully saturated rings. The molecule has 3 rings (SSSR count). The van der Waals surface area contributed by atoms with E-state index in [2.05, 4.69) is 16.0 Å². The number of amides is 3. The molecule has 0 bridgehead atoms. The van der Waals surface area contributed by atoms with Gasteiger partial charge in [0.05, 0.1) is 14.2 Å². The van der Waals surface area contributed by atoms with E-state index in [1.165, 1.54) is 6.08 Å². The van der Waals surface area contributed by atoms with Crippen LogP contribution in [0.4, 0.5) is 21.9 Å². The summed E-state index contributed by atoms with van der Waals surface area (Å²) >= 11 is 0. The van der Waals surface area contributed by atoms with Crippen LogP contribution in [0.1, 0.15) is 5.56 Å². The second kappa shape index (κ2) is 10.5. The maximum absolute atomic E-state index is 12.2. The molecule has 3 N–H and O–H groups in total. The number of methoxy groups -OCH3 is 2. The average molecular weight is 417 g/mol. The van der Waals surface area contributed by atoms with Gasteiger partial charge in [-0.1, -0.05) is 18.2 Å². The molecule has 7 heteroatoms. The highest BCUT2D eigenvalue weighted by Crippen LogP contribution is 2.23. The predicted octanol–water partition coefficient (Wildman–Crippen LogP) is 5.00. The van der Waals surface area contributed by atoms with Crippen LogP contribution in [0.5, 0.6) is 11.5 Å². The standard InChI is InChI=1S/C24H23N3O4/c1-30-21-14-17(15-22(16-21)31-2)8-13-23(28)25-19-9-11-20(12-10-19)27-24(29)26-18-6-4-3-5-7-18/h3-16H,1-2H3,(H,25,28)(H2,26,27,29)/b13-8+. The van der Waals surface area contributed by atoms with Crippen LogP contribution in [0.2, 0.25) is 0 Å². The van der Waals surface area contributed by atoms with E-state index in [-0.39, 0.29) is 11.9 Å². The molecule has 0 atom stereocenters. The lowest BCUT2D eigenvalue weighted by molar-refractivity contribution is -0.111. The molecule has 0 aliphatic heterocycles. The topological polar surface area (TPSA) is 88.7 Å². The highest BCUT2D eigenvalue weighted by molar-refractivity contribution is 6.02. The third-order valence-corrected chi connectivity index (χ3v) is 4.24. The molecule has 7 nitrogen and oxygen atoms in total. The Morgan fingerprint density at radius 3 is 1.77 bits per heavy atom. The molecule has 3 aromatic rings. The van der Waals surface area contributed by atoms with Gasteiger partial charge in [0.1, 0.15) is 11.5 Å². The van der Waals surface area contributed by atoms with Crippen molar-refractivity contribution in [2.75, 3.05) is 30.2 Å². The van der Waals surface area contributed by atoms with Gasteiger partial charge >= 0.3 is 6.03 Å². The van der Waals surface area contributed by atoms with Gasteiger partial charge in [0, 0.05) is 29.2 Å². The second-order valence-electron chi connectivity index (χ2n) is 6.49. The van der Waals surface area contributed by atoms with Crippen molar-refractivity contribution < 1.29 is 19.1 Å². The van der Waals surface area contributed by atoms with Crippen LogP contribution in [0, 0.1) is 0 Å². The van der Waals surface area contributed by atoms with Gasteiger partial charge in [-0.2, -0.15) is 0 Å². The Balaban J connectivity index is 1.55. The minimum absolute atomic E-state index is 0.288. The maximum Gasteiger partial charge on any atom is 0.323 e. The Labute approximate surface area is 180 Å². The van der Waals surface area contributed by atoms with Gasteiger partial charge in [-0.15, -0.1) is 0 Å². The molecular formula is C24H23N3O4. The summed E-state index contributed by atoms with van der Waals surface area (Å²) in [7, 11) is 3.14. The second-order valence-corrected chi connectivity index (χ2v) is 6.49. The highest BCUT2D eigenvalue weighted by Gasteiger charge is 2.04. The van der Waals surface area contributed by atoms with Gasteiger partial charge in [-0.25, -0.2) is 4.79 Å². The van der Waals surface area contributed by atoms with E-state index in [4.69, 9.17) is 9.47 Å². The number of anilines is 3. The largest absolute Gasteiger partial charge is 0.497 e. The number of para-hydroxylation sites is 1. The van der Waals surface area contributed by atoms with Crippen molar-refractivity contribution >= 4 is 35.1 Å². The first kappa shape index (κ1) is 21.4. The van der Waals surface area contributed by atoms with Gasteiger partial charge in [-0.3, -0.25) is 4.79 Å². The molecule has 0 aliphatic rings. The fraction of sp³-hybridized carbons (Fsp3) is 0.0833. The minimum atomic E-state index is -0.348. The molecule has 0 spiro atoms. The molecule has 0 saturated heterocycles. The van der Waals surface area contributed by atoms with Crippen molar-refractivity contribution in [1.29, 1.82) is 0 Å². The number of hydrogen-bond donors (Lipinski definition) is 3. The molecule has 158 valence electrons. The SMILES string of the molecule is COc1cc(/C=C/C(=O)Nc2ccc(NC(=O)Nc3ccccc3)cc2)cc(OC)c1. The van der Waals surface area contributed by atoms with E-state index < -0.39 is 0 Å². The third kappa shape index (κ3) is 6.64.